The van der Waals surface area contributed by atoms with E-state index in [-0.39, 0.29) is 11.8 Å². The van der Waals surface area contributed by atoms with Crippen molar-refractivity contribution >= 4 is 33.7 Å². The number of carbonyl (C=O) groups is 3. The predicted molar refractivity (Wildman–Crippen MR) is 104 cm³/mol. The van der Waals surface area contributed by atoms with E-state index in [1.807, 2.05) is 18.2 Å². The maximum Gasteiger partial charge on any atom is 0.308 e. The molecule has 0 unspecified atom stereocenters. The number of nitrogens with zero attached hydrogens (tertiary/aromatic N) is 2. The zero-order chi connectivity index (χ0) is 19.4. The first-order valence-corrected chi connectivity index (χ1v) is 9.36. The van der Waals surface area contributed by atoms with Gasteiger partial charge in [-0.25, -0.2) is 0 Å². The Bertz CT molecular complexity index is 876. The number of piperazine rings is 1. The third kappa shape index (κ3) is 4.54. The molecular formula is C20H19BrN2O4. The van der Waals surface area contributed by atoms with E-state index in [9.17, 15) is 14.4 Å². The van der Waals surface area contributed by atoms with Crippen molar-refractivity contribution in [3.05, 3.63) is 64.1 Å². The molecule has 0 aliphatic carbocycles. The molecule has 0 spiro atoms. The van der Waals surface area contributed by atoms with E-state index in [0.717, 1.165) is 4.47 Å². The van der Waals surface area contributed by atoms with Gasteiger partial charge in [-0.15, -0.1) is 0 Å². The van der Waals surface area contributed by atoms with Crippen LogP contribution >= 0.6 is 15.9 Å². The number of ether oxygens (including phenoxy) is 1. The highest BCUT2D eigenvalue weighted by atomic mass is 79.9. The topological polar surface area (TPSA) is 66.9 Å². The number of hydrogen-bond acceptors (Lipinski definition) is 4. The molecule has 27 heavy (non-hydrogen) atoms. The van der Waals surface area contributed by atoms with Crippen LogP contribution in [-0.4, -0.2) is 53.8 Å². The third-order valence-electron chi connectivity index (χ3n) is 4.30. The molecule has 0 aromatic heterocycles. The average molecular weight is 431 g/mol. The largest absolute Gasteiger partial charge is 0.427 e. The van der Waals surface area contributed by atoms with Gasteiger partial charge in [0.05, 0.1) is 5.56 Å². The summed E-state index contributed by atoms with van der Waals surface area (Å²) >= 11 is 3.40. The minimum absolute atomic E-state index is 0.0496. The number of benzene rings is 2. The standard InChI is InChI=1S/C20H19BrN2O4/c1-14(24)27-16-6-4-5-15(13-16)19(25)22-9-11-23(12-10-22)20(26)17-7-2-3-8-18(17)21/h2-8,13H,9-12H2,1H3. The van der Waals surface area contributed by atoms with Crippen molar-refractivity contribution in [2.24, 2.45) is 0 Å². The molecule has 1 saturated heterocycles. The summed E-state index contributed by atoms with van der Waals surface area (Å²) < 4.78 is 5.79. The Balaban J connectivity index is 1.64. The van der Waals surface area contributed by atoms with Crippen molar-refractivity contribution in [1.29, 1.82) is 0 Å². The first-order chi connectivity index (χ1) is 13.0. The zero-order valence-electron chi connectivity index (χ0n) is 14.9. The van der Waals surface area contributed by atoms with Crippen molar-refractivity contribution in [2.75, 3.05) is 26.2 Å². The molecule has 0 N–H and O–H groups in total. The number of amides is 2. The summed E-state index contributed by atoms with van der Waals surface area (Å²) in [7, 11) is 0. The van der Waals surface area contributed by atoms with Gasteiger partial charge in [-0.1, -0.05) is 18.2 Å². The fourth-order valence-electron chi connectivity index (χ4n) is 2.96. The second kappa shape index (κ2) is 8.35. The van der Waals surface area contributed by atoms with Crippen molar-refractivity contribution in [2.45, 2.75) is 6.92 Å². The Hall–Kier alpha value is -2.67. The fourth-order valence-corrected chi connectivity index (χ4v) is 3.41. The van der Waals surface area contributed by atoms with Crippen LogP contribution in [0.15, 0.2) is 53.0 Å². The van der Waals surface area contributed by atoms with Gasteiger partial charge in [-0.3, -0.25) is 14.4 Å². The minimum atomic E-state index is -0.432. The van der Waals surface area contributed by atoms with Gasteiger partial charge in [-0.2, -0.15) is 0 Å². The van der Waals surface area contributed by atoms with Crippen molar-refractivity contribution in [1.82, 2.24) is 9.80 Å². The molecule has 6 nitrogen and oxygen atoms in total. The summed E-state index contributed by atoms with van der Waals surface area (Å²) in [6.07, 6.45) is 0. The summed E-state index contributed by atoms with van der Waals surface area (Å²) in [4.78, 5) is 39.9. The number of esters is 1. The molecule has 2 amide bonds. The highest BCUT2D eigenvalue weighted by Gasteiger charge is 2.26. The van der Waals surface area contributed by atoms with Gasteiger partial charge in [0.25, 0.3) is 11.8 Å². The van der Waals surface area contributed by atoms with Crippen LogP contribution in [0.4, 0.5) is 0 Å². The van der Waals surface area contributed by atoms with Crippen LogP contribution in [0, 0.1) is 0 Å². The van der Waals surface area contributed by atoms with Gasteiger partial charge in [0, 0.05) is 43.1 Å². The first-order valence-electron chi connectivity index (χ1n) is 8.57. The molecule has 140 valence electrons. The molecular weight excluding hydrogens is 412 g/mol. The van der Waals surface area contributed by atoms with Crippen molar-refractivity contribution in [3.8, 4) is 5.75 Å². The van der Waals surface area contributed by atoms with Crippen LogP contribution in [0.3, 0.4) is 0 Å². The molecule has 1 heterocycles. The quantitative estimate of drug-likeness (QED) is 0.554. The lowest BCUT2D eigenvalue weighted by Gasteiger charge is -2.35. The molecule has 2 aromatic rings. The first kappa shape index (κ1) is 19.1. The van der Waals surface area contributed by atoms with E-state index >= 15 is 0 Å². The van der Waals surface area contributed by atoms with Crippen molar-refractivity contribution < 1.29 is 19.1 Å². The second-order valence-electron chi connectivity index (χ2n) is 6.19. The normalized spacial score (nSPS) is 14.0. The van der Waals surface area contributed by atoms with Gasteiger partial charge in [0.2, 0.25) is 0 Å². The van der Waals surface area contributed by atoms with E-state index in [1.54, 1.807) is 40.1 Å². The summed E-state index contributed by atoms with van der Waals surface area (Å²) in [5.41, 5.74) is 1.07. The Kier molecular flexibility index (Phi) is 5.91. The van der Waals surface area contributed by atoms with Crippen LogP contribution in [0.1, 0.15) is 27.6 Å². The van der Waals surface area contributed by atoms with Crippen molar-refractivity contribution in [3.63, 3.8) is 0 Å². The molecule has 3 rings (SSSR count). The third-order valence-corrected chi connectivity index (χ3v) is 4.99. The molecule has 1 aliphatic heterocycles. The summed E-state index contributed by atoms with van der Waals surface area (Å²) in [6.45, 7) is 3.15. The summed E-state index contributed by atoms with van der Waals surface area (Å²) in [5.74, 6) is -0.279. The van der Waals surface area contributed by atoms with Crippen LogP contribution in [0.5, 0.6) is 5.75 Å². The van der Waals surface area contributed by atoms with E-state index in [0.29, 0.717) is 43.1 Å². The highest BCUT2D eigenvalue weighted by molar-refractivity contribution is 9.10. The monoisotopic (exact) mass is 430 g/mol. The SMILES string of the molecule is CC(=O)Oc1cccc(C(=O)N2CCN(C(=O)c3ccccc3Br)CC2)c1. The number of rotatable bonds is 3. The van der Waals surface area contributed by atoms with E-state index in [1.165, 1.54) is 6.92 Å². The number of hydrogen-bond donors (Lipinski definition) is 0. The molecule has 0 radical (unpaired) electrons. The van der Waals surface area contributed by atoms with Gasteiger partial charge in [0.1, 0.15) is 5.75 Å². The Labute approximate surface area is 165 Å². The molecule has 1 fully saturated rings. The highest BCUT2D eigenvalue weighted by Crippen LogP contribution is 2.20. The van der Waals surface area contributed by atoms with Gasteiger partial charge in [0.15, 0.2) is 0 Å². The smallest absolute Gasteiger partial charge is 0.308 e. The molecule has 2 aromatic carbocycles. The number of halogens is 1. The van der Waals surface area contributed by atoms with Crippen LogP contribution in [-0.2, 0) is 4.79 Å². The molecule has 7 heteroatoms. The molecule has 0 saturated carbocycles. The lowest BCUT2D eigenvalue weighted by atomic mass is 10.1. The van der Waals surface area contributed by atoms with Crippen LogP contribution in [0.25, 0.3) is 0 Å². The average Bonchev–Trinajstić information content (AvgIpc) is 2.67. The Morgan fingerprint density at radius 2 is 1.52 bits per heavy atom. The maximum atomic E-state index is 12.7. The van der Waals surface area contributed by atoms with Crippen LogP contribution in [0.2, 0.25) is 0 Å². The number of carbonyl (C=O) groups excluding carboxylic acids is 3. The van der Waals surface area contributed by atoms with E-state index in [4.69, 9.17) is 4.74 Å². The lowest BCUT2D eigenvalue weighted by Crippen LogP contribution is -2.50. The molecule has 1 aliphatic rings. The molecule has 0 bridgehead atoms. The van der Waals surface area contributed by atoms with E-state index in [2.05, 4.69) is 15.9 Å². The Morgan fingerprint density at radius 1 is 0.889 bits per heavy atom. The Morgan fingerprint density at radius 3 is 2.15 bits per heavy atom. The second-order valence-corrected chi connectivity index (χ2v) is 7.04. The van der Waals surface area contributed by atoms with Gasteiger partial charge >= 0.3 is 5.97 Å². The summed E-state index contributed by atoms with van der Waals surface area (Å²) in [6, 6.07) is 13.9. The zero-order valence-corrected chi connectivity index (χ0v) is 16.4. The predicted octanol–water partition coefficient (Wildman–Crippen LogP) is 2.97. The van der Waals surface area contributed by atoms with E-state index < -0.39 is 5.97 Å². The van der Waals surface area contributed by atoms with Gasteiger partial charge in [-0.05, 0) is 46.3 Å². The molecule has 0 atom stereocenters. The lowest BCUT2D eigenvalue weighted by molar-refractivity contribution is -0.131. The fraction of sp³-hybridized carbons (Fsp3) is 0.250. The minimum Gasteiger partial charge on any atom is -0.427 e. The van der Waals surface area contributed by atoms with Crippen LogP contribution < -0.4 is 4.74 Å². The van der Waals surface area contributed by atoms with Gasteiger partial charge < -0.3 is 14.5 Å². The maximum absolute atomic E-state index is 12.7. The summed E-state index contributed by atoms with van der Waals surface area (Å²) in [5, 5.41) is 0.